The molecule has 0 radical (unpaired) electrons. The number of H-pyrrole nitrogens is 1. The minimum absolute atomic E-state index is 0.0690. The molecule has 6 heterocycles. The van der Waals surface area contributed by atoms with Crippen LogP contribution in [0, 0.1) is 11.3 Å². The Morgan fingerprint density at radius 2 is 1.78 bits per heavy atom. The van der Waals surface area contributed by atoms with Crippen LogP contribution in [-0.4, -0.2) is 70.3 Å². The van der Waals surface area contributed by atoms with E-state index in [1.165, 1.54) is 92.2 Å². The molecule has 0 saturated carbocycles. The molecule has 5 heteroatoms. The van der Waals surface area contributed by atoms with E-state index in [0.717, 1.165) is 38.9 Å². The summed E-state index contributed by atoms with van der Waals surface area (Å²) in [6.07, 6.45) is 24.8. The minimum atomic E-state index is -0.833. The number of piperidine rings is 1. The lowest BCUT2D eigenvalue weighted by molar-refractivity contribution is -0.0984. The average molecular weight is 553 g/mol. The number of rotatable bonds is 1. The maximum Gasteiger partial charge on any atom is 0.0994 e. The normalized spacial score (nSPS) is 41.0. The van der Waals surface area contributed by atoms with Gasteiger partial charge in [0.1, 0.15) is 0 Å². The summed E-state index contributed by atoms with van der Waals surface area (Å²) in [4.78, 5) is 9.45. The highest BCUT2D eigenvalue weighted by molar-refractivity contribution is 5.85. The van der Waals surface area contributed by atoms with E-state index in [2.05, 4.69) is 74.7 Å². The zero-order valence-corrected chi connectivity index (χ0v) is 24.7. The van der Waals surface area contributed by atoms with Crippen LogP contribution in [0.25, 0.3) is 10.9 Å². The first-order valence-corrected chi connectivity index (χ1v) is 16.7. The minimum Gasteiger partial charge on any atom is -0.384 e. The van der Waals surface area contributed by atoms with Crippen molar-refractivity contribution in [1.82, 2.24) is 20.1 Å². The molecule has 1 spiro atoms. The lowest BCUT2D eigenvalue weighted by Gasteiger charge is -2.59. The number of nitrogens with one attached hydrogen (secondary N) is 2. The number of benzene rings is 1. The van der Waals surface area contributed by atoms with Crippen LogP contribution in [0.3, 0.4) is 0 Å². The van der Waals surface area contributed by atoms with Crippen molar-refractivity contribution >= 4 is 10.9 Å². The highest BCUT2D eigenvalue weighted by atomic mass is 16.3. The van der Waals surface area contributed by atoms with Crippen molar-refractivity contribution in [3.05, 3.63) is 71.5 Å². The largest absolute Gasteiger partial charge is 0.384 e. The number of para-hydroxylation sites is 1. The highest BCUT2D eigenvalue weighted by Gasteiger charge is 2.66. The van der Waals surface area contributed by atoms with E-state index in [4.69, 9.17) is 0 Å². The third kappa shape index (κ3) is 4.33. The summed E-state index contributed by atoms with van der Waals surface area (Å²) in [5, 5.41) is 18.5. The molecule has 5 aliphatic heterocycles. The Morgan fingerprint density at radius 3 is 2.73 bits per heavy atom. The zero-order chi connectivity index (χ0) is 27.4. The van der Waals surface area contributed by atoms with E-state index < -0.39 is 5.60 Å². The number of fused-ring (bicyclic) bond motifs is 5. The lowest BCUT2D eigenvalue weighted by atomic mass is 9.54. The van der Waals surface area contributed by atoms with Gasteiger partial charge < -0.3 is 20.3 Å². The van der Waals surface area contributed by atoms with E-state index in [-0.39, 0.29) is 17.5 Å². The van der Waals surface area contributed by atoms with Gasteiger partial charge in [-0.15, -0.1) is 0 Å². The Kier molecular flexibility index (Phi) is 6.78. The van der Waals surface area contributed by atoms with E-state index in [9.17, 15) is 5.11 Å². The molecule has 2 aromatic rings. The van der Waals surface area contributed by atoms with Crippen LogP contribution in [0.15, 0.2) is 60.2 Å². The van der Waals surface area contributed by atoms with Crippen molar-refractivity contribution in [2.45, 2.75) is 94.4 Å². The Morgan fingerprint density at radius 1 is 0.927 bits per heavy atom. The molecule has 4 unspecified atom stereocenters. The van der Waals surface area contributed by atoms with Gasteiger partial charge in [0.05, 0.1) is 17.7 Å². The molecule has 1 aromatic carbocycles. The van der Waals surface area contributed by atoms with E-state index in [1.807, 2.05) is 0 Å². The summed E-state index contributed by atoms with van der Waals surface area (Å²) >= 11 is 0. The molecule has 3 N–H and O–H groups in total. The number of allylic oxidation sites excluding steroid dienone is 3. The molecule has 2 fully saturated rings. The van der Waals surface area contributed by atoms with E-state index in [1.54, 1.807) is 0 Å². The molecule has 3 bridgehead atoms. The third-order valence-corrected chi connectivity index (χ3v) is 11.7. The van der Waals surface area contributed by atoms with E-state index >= 15 is 0 Å². The summed E-state index contributed by atoms with van der Waals surface area (Å²) in [6, 6.07) is 9.61. The fourth-order valence-corrected chi connectivity index (χ4v) is 10.2. The number of aliphatic hydroxyl groups is 1. The van der Waals surface area contributed by atoms with Gasteiger partial charge in [-0.2, -0.15) is 0 Å². The summed E-state index contributed by atoms with van der Waals surface area (Å²) in [5.74, 6) is 0.487. The molecule has 5 nitrogen and oxygen atoms in total. The van der Waals surface area contributed by atoms with Crippen LogP contribution in [0.5, 0.6) is 0 Å². The molecule has 0 amide bonds. The molecule has 6 aliphatic rings. The number of hydrogen-bond acceptors (Lipinski definition) is 4. The van der Waals surface area contributed by atoms with Crippen molar-refractivity contribution in [3.8, 4) is 0 Å². The Balaban J connectivity index is 1.30. The first-order chi connectivity index (χ1) is 20.2. The second-order valence-electron chi connectivity index (χ2n) is 14.0. The highest BCUT2D eigenvalue weighted by Crippen LogP contribution is 2.61. The SMILES string of the molecule is O[C@]12C=C(C3NCCc4c3[nH]c3ccccc43)[C@@H]3CCN(CCCC/C=C\CC1)C[C@@]31CC3/C=C\CCCCN3C12. The first kappa shape index (κ1) is 26.4. The predicted octanol–water partition coefficient (Wildman–Crippen LogP) is 6.04. The fraction of sp³-hybridized carbons (Fsp3) is 0.611. The van der Waals surface area contributed by atoms with Crippen LogP contribution in [0.4, 0.5) is 0 Å². The van der Waals surface area contributed by atoms with Gasteiger partial charge in [0.25, 0.3) is 0 Å². The Bertz CT molecular complexity index is 1370. The molecule has 1 aromatic heterocycles. The van der Waals surface area contributed by atoms with Crippen LogP contribution in [-0.2, 0) is 6.42 Å². The predicted molar refractivity (Wildman–Crippen MR) is 167 cm³/mol. The third-order valence-electron chi connectivity index (χ3n) is 11.7. The van der Waals surface area contributed by atoms with Gasteiger partial charge >= 0.3 is 0 Å². The number of aromatic nitrogens is 1. The molecule has 218 valence electrons. The van der Waals surface area contributed by atoms with Crippen LogP contribution < -0.4 is 5.32 Å². The smallest absolute Gasteiger partial charge is 0.0994 e. The van der Waals surface area contributed by atoms with Crippen LogP contribution >= 0.6 is 0 Å². The maximum atomic E-state index is 13.1. The summed E-state index contributed by atoms with van der Waals surface area (Å²) in [7, 11) is 0. The molecule has 41 heavy (non-hydrogen) atoms. The van der Waals surface area contributed by atoms with Crippen LogP contribution in [0.2, 0.25) is 0 Å². The zero-order valence-electron chi connectivity index (χ0n) is 24.7. The number of nitrogens with zero attached hydrogens (tertiary/aromatic N) is 2. The van der Waals surface area contributed by atoms with Crippen molar-refractivity contribution < 1.29 is 5.11 Å². The second-order valence-corrected chi connectivity index (χ2v) is 14.0. The van der Waals surface area contributed by atoms with Crippen molar-refractivity contribution in [3.63, 3.8) is 0 Å². The standard InChI is InChI=1S/C36H48N4O/c41-36-18-10-4-1-2-5-11-20-39-22-17-30(35(25-39)23-26-13-7-3-6-12-21-40(26)34(35)36)29(24-36)32-33-28(16-19-37-32)27-14-8-9-15-31(27)38-33/h1,4,7-9,13-15,24,26,30,32,34,37-38,41H,2-3,5-6,10-12,16-23,25H2/b4-1-,13-7-/t26?,30-,32?,34?,35-,36-/m0/s1. The monoisotopic (exact) mass is 552 g/mol. The first-order valence-electron chi connectivity index (χ1n) is 16.7. The fourth-order valence-electron chi connectivity index (χ4n) is 10.2. The van der Waals surface area contributed by atoms with Gasteiger partial charge in [0.15, 0.2) is 0 Å². The van der Waals surface area contributed by atoms with Gasteiger partial charge in [-0.05, 0) is 113 Å². The van der Waals surface area contributed by atoms with E-state index in [0.29, 0.717) is 12.0 Å². The molecule has 8 rings (SSSR count). The summed E-state index contributed by atoms with van der Waals surface area (Å²) in [5.41, 5.74) is 4.80. The summed E-state index contributed by atoms with van der Waals surface area (Å²) in [6.45, 7) is 5.61. The molecular formula is C36H48N4O. The van der Waals surface area contributed by atoms with Gasteiger partial charge in [0.2, 0.25) is 0 Å². The van der Waals surface area contributed by atoms with Gasteiger partial charge in [-0.3, -0.25) is 4.90 Å². The molecule has 2 saturated heterocycles. The topological polar surface area (TPSA) is 54.5 Å². The number of aromatic amines is 1. The Labute approximate surface area is 245 Å². The second kappa shape index (κ2) is 10.5. The van der Waals surface area contributed by atoms with Gasteiger partial charge in [-0.1, -0.05) is 48.6 Å². The summed E-state index contributed by atoms with van der Waals surface area (Å²) < 4.78 is 0. The van der Waals surface area contributed by atoms with Crippen LogP contribution in [0.1, 0.15) is 81.5 Å². The molecule has 7 atom stereocenters. The van der Waals surface area contributed by atoms with Gasteiger partial charge in [0, 0.05) is 41.1 Å². The quantitative estimate of drug-likeness (QED) is 0.378. The molecule has 1 aliphatic carbocycles. The van der Waals surface area contributed by atoms with Crippen molar-refractivity contribution in [2.24, 2.45) is 11.3 Å². The lowest BCUT2D eigenvalue weighted by Crippen LogP contribution is -2.66. The average Bonchev–Trinajstić information content (AvgIpc) is 3.49. The van der Waals surface area contributed by atoms with Gasteiger partial charge in [-0.25, -0.2) is 0 Å². The van der Waals surface area contributed by atoms with Crippen molar-refractivity contribution in [1.29, 1.82) is 0 Å². The molecular weight excluding hydrogens is 504 g/mol. The van der Waals surface area contributed by atoms with Crippen molar-refractivity contribution in [2.75, 3.05) is 32.7 Å². The maximum absolute atomic E-state index is 13.1. The Hall–Kier alpha value is -2.18. The number of hydrogen-bond donors (Lipinski definition) is 3.